The lowest BCUT2D eigenvalue weighted by atomic mass is 9.74. The summed E-state index contributed by atoms with van der Waals surface area (Å²) in [6, 6.07) is 9.71. The van der Waals surface area contributed by atoms with E-state index in [-0.39, 0.29) is 11.2 Å². The van der Waals surface area contributed by atoms with E-state index >= 15 is 0 Å². The molecule has 7 heteroatoms. The number of nitrogens with zero attached hydrogens (tertiary/aromatic N) is 2. The van der Waals surface area contributed by atoms with Crippen molar-refractivity contribution in [3.05, 3.63) is 52.2 Å². The van der Waals surface area contributed by atoms with Gasteiger partial charge in [0.05, 0.1) is 18.5 Å². The summed E-state index contributed by atoms with van der Waals surface area (Å²) in [4.78, 5) is 14.5. The Kier molecular flexibility index (Phi) is 4.41. The van der Waals surface area contributed by atoms with E-state index in [9.17, 15) is 13.2 Å². The van der Waals surface area contributed by atoms with Gasteiger partial charge in [-0.15, -0.1) is 0 Å². The smallest absolute Gasteiger partial charge is 0.232 e. The average molecular weight is 391 g/mol. The van der Waals surface area contributed by atoms with Crippen LogP contribution in [0.25, 0.3) is 0 Å². The first kappa shape index (κ1) is 17.7. The molecule has 2 aromatic rings. The molecule has 26 heavy (non-hydrogen) atoms. The maximum absolute atomic E-state index is 12.3. The van der Waals surface area contributed by atoms with Gasteiger partial charge in [-0.1, -0.05) is 18.2 Å². The number of benzene rings is 1. The summed E-state index contributed by atoms with van der Waals surface area (Å²) in [7, 11) is -3.29. The van der Waals surface area contributed by atoms with Gasteiger partial charge in [0, 0.05) is 22.9 Å². The predicted molar refractivity (Wildman–Crippen MR) is 105 cm³/mol. The Bertz CT molecular complexity index is 914. The number of para-hydroxylation sites is 1. The number of hydrogen-bond donors (Lipinski definition) is 0. The van der Waals surface area contributed by atoms with Crippen molar-refractivity contribution < 1.29 is 13.2 Å². The molecule has 1 fully saturated rings. The third-order valence-corrected chi connectivity index (χ3v) is 7.42. The van der Waals surface area contributed by atoms with Crippen LogP contribution < -0.4 is 4.31 Å². The number of anilines is 1. The van der Waals surface area contributed by atoms with E-state index in [0.29, 0.717) is 13.1 Å². The lowest BCUT2D eigenvalue weighted by Crippen LogP contribution is -2.47. The number of sulfonamides is 1. The molecule has 1 saturated heterocycles. The molecular weight excluding hydrogens is 368 g/mol. The van der Waals surface area contributed by atoms with Crippen molar-refractivity contribution in [2.45, 2.75) is 18.3 Å². The van der Waals surface area contributed by atoms with Crippen molar-refractivity contribution in [1.82, 2.24) is 4.90 Å². The number of carbonyl (C=O) groups is 1. The van der Waals surface area contributed by atoms with Crippen LogP contribution in [0.4, 0.5) is 5.69 Å². The zero-order valence-corrected chi connectivity index (χ0v) is 16.4. The quantitative estimate of drug-likeness (QED) is 0.754. The van der Waals surface area contributed by atoms with E-state index in [1.165, 1.54) is 17.6 Å². The van der Waals surface area contributed by atoms with Gasteiger partial charge in [-0.3, -0.25) is 14.0 Å². The number of hydrogen-bond acceptors (Lipinski definition) is 5. The zero-order valence-electron chi connectivity index (χ0n) is 14.7. The van der Waals surface area contributed by atoms with Crippen LogP contribution in [0.1, 0.15) is 28.8 Å². The number of thiophene rings is 1. The van der Waals surface area contributed by atoms with E-state index in [1.54, 1.807) is 4.31 Å². The molecule has 138 valence electrons. The second-order valence-electron chi connectivity index (χ2n) is 7.28. The maximum atomic E-state index is 12.3. The van der Waals surface area contributed by atoms with Gasteiger partial charge in [-0.2, -0.15) is 11.3 Å². The van der Waals surface area contributed by atoms with Gasteiger partial charge in [0.1, 0.15) is 0 Å². The lowest BCUT2D eigenvalue weighted by molar-refractivity contribution is 0.0885. The van der Waals surface area contributed by atoms with Gasteiger partial charge < -0.3 is 0 Å². The van der Waals surface area contributed by atoms with Gasteiger partial charge in [0.2, 0.25) is 10.0 Å². The van der Waals surface area contributed by atoms with E-state index in [2.05, 4.69) is 11.0 Å². The van der Waals surface area contributed by atoms with E-state index in [1.807, 2.05) is 35.0 Å². The molecule has 5 nitrogen and oxygen atoms in total. The Labute approximate surface area is 158 Å². The average Bonchev–Trinajstić information content (AvgIpc) is 3.25. The molecular formula is C19H22N2O3S2. The van der Waals surface area contributed by atoms with Crippen LogP contribution in [0, 0.1) is 0 Å². The molecule has 0 radical (unpaired) electrons. The molecule has 0 unspecified atom stereocenters. The molecule has 2 aliphatic rings. The van der Waals surface area contributed by atoms with Crippen LogP contribution in [0.5, 0.6) is 0 Å². The monoisotopic (exact) mass is 390 g/mol. The number of likely N-dealkylation sites (tertiary alicyclic amines) is 1. The van der Waals surface area contributed by atoms with Gasteiger partial charge in [0.25, 0.3) is 0 Å². The summed E-state index contributed by atoms with van der Waals surface area (Å²) < 4.78 is 26.0. The Morgan fingerprint density at radius 1 is 1.19 bits per heavy atom. The van der Waals surface area contributed by atoms with Crippen molar-refractivity contribution in [2.75, 3.05) is 36.7 Å². The molecule has 3 heterocycles. The Balaban J connectivity index is 1.51. The van der Waals surface area contributed by atoms with Crippen molar-refractivity contribution in [1.29, 1.82) is 0 Å². The van der Waals surface area contributed by atoms with Gasteiger partial charge in [-0.25, -0.2) is 8.42 Å². The summed E-state index contributed by atoms with van der Waals surface area (Å²) in [5, 5.41) is 3.82. The zero-order chi connectivity index (χ0) is 18.4. The molecule has 0 N–H and O–H groups in total. The van der Waals surface area contributed by atoms with Crippen molar-refractivity contribution in [2.24, 2.45) is 0 Å². The van der Waals surface area contributed by atoms with Crippen LogP contribution in [0.15, 0.2) is 41.1 Å². The second-order valence-corrected chi connectivity index (χ2v) is 9.97. The van der Waals surface area contributed by atoms with Crippen molar-refractivity contribution >= 4 is 32.8 Å². The third kappa shape index (κ3) is 3.08. The number of ketones is 1. The van der Waals surface area contributed by atoms with Crippen LogP contribution in [0.2, 0.25) is 0 Å². The van der Waals surface area contributed by atoms with Gasteiger partial charge in [0.15, 0.2) is 5.78 Å². The first-order chi connectivity index (χ1) is 12.4. The van der Waals surface area contributed by atoms with Crippen LogP contribution in [-0.2, 0) is 15.4 Å². The number of rotatable bonds is 4. The summed E-state index contributed by atoms with van der Waals surface area (Å²) >= 11 is 1.54. The largest absolute Gasteiger partial charge is 0.296 e. The summed E-state index contributed by atoms with van der Waals surface area (Å²) in [5.41, 5.74) is 2.60. The fourth-order valence-corrected chi connectivity index (χ4v) is 5.82. The second kappa shape index (κ2) is 6.48. The first-order valence-corrected chi connectivity index (χ1v) is 11.5. The molecule has 1 aromatic heterocycles. The lowest BCUT2D eigenvalue weighted by Gasteiger charge is -2.39. The first-order valence-electron chi connectivity index (χ1n) is 8.74. The molecule has 0 atom stereocenters. The number of Topliss-reactive ketones (excluding diaryl/α,β-unsaturated/α-hetero) is 1. The highest BCUT2D eigenvalue weighted by Crippen LogP contribution is 2.47. The fraction of sp³-hybridized carbons (Fsp3) is 0.421. The highest BCUT2D eigenvalue weighted by molar-refractivity contribution is 7.92. The van der Waals surface area contributed by atoms with Gasteiger partial charge >= 0.3 is 0 Å². The van der Waals surface area contributed by atoms with Crippen LogP contribution in [-0.4, -0.2) is 51.5 Å². The van der Waals surface area contributed by atoms with Crippen LogP contribution >= 0.6 is 11.3 Å². The predicted octanol–water partition coefficient (Wildman–Crippen LogP) is 2.74. The van der Waals surface area contributed by atoms with Crippen LogP contribution in [0.3, 0.4) is 0 Å². The number of fused-ring (bicyclic) bond motifs is 2. The molecule has 4 rings (SSSR count). The highest BCUT2D eigenvalue weighted by atomic mass is 32.2. The number of carbonyl (C=O) groups excluding carboxylic acids is 1. The molecule has 0 saturated carbocycles. The van der Waals surface area contributed by atoms with E-state index < -0.39 is 10.0 Å². The third-order valence-electron chi connectivity index (χ3n) is 5.61. The molecule has 1 spiro atoms. The van der Waals surface area contributed by atoms with Crippen molar-refractivity contribution in [3.8, 4) is 0 Å². The standard InChI is InChI=1S/C19H22N2O3S2/c1-26(23,24)21-14-19(16-4-2-3-5-17(16)21)7-9-20(10-8-19)12-18(22)15-6-11-25-13-15/h2-6,11,13H,7-10,12,14H2,1H3. The Morgan fingerprint density at radius 3 is 2.58 bits per heavy atom. The summed E-state index contributed by atoms with van der Waals surface area (Å²) in [5.74, 6) is 0.159. The van der Waals surface area contributed by atoms with E-state index in [0.717, 1.165) is 42.7 Å². The Morgan fingerprint density at radius 2 is 1.92 bits per heavy atom. The normalized spacial score (nSPS) is 19.7. The molecule has 0 bridgehead atoms. The minimum Gasteiger partial charge on any atom is -0.296 e. The molecule has 0 aliphatic carbocycles. The van der Waals surface area contributed by atoms with Gasteiger partial charge in [-0.05, 0) is 49.0 Å². The van der Waals surface area contributed by atoms with E-state index in [4.69, 9.17) is 0 Å². The molecule has 1 aromatic carbocycles. The topological polar surface area (TPSA) is 57.7 Å². The Hall–Kier alpha value is -1.70. The minimum absolute atomic E-state index is 0.137. The highest BCUT2D eigenvalue weighted by Gasteiger charge is 2.46. The molecule has 0 amide bonds. The summed E-state index contributed by atoms with van der Waals surface area (Å²) in [6.07, 6.45) is 3.01. The fourth-order valence-electron chi connectivity index (χ4n) is 4.16. The number of piperidine rings is 1. The van der Waals surface area contributed by atoms with Crippen molar-refractivity contribution in [3.63, 3.8) is 0 Å². The maximum Gasteiger partial charge on any atom is 0.232 e. The molecule has 2 aliphatic heterocycles. The minimum atomic E-state index is -3.29. The SMILES string of the molecule is CS(=O)(=O)N1CC2(CCN(CC(=O)c3ccsc3)CC2)c2ccccc21. The summed E-state index contributed by atoms with van der Waals surface area (Å²) in [6.45, 7) is 2.56.